The second-order valence-corrected chi connectivity index (χ2v) is 11.7. The van der Waals surface area contributed by atoms with Crippen molar-refractivity contribution in [2.75, 3.05) is 16.8 Å². The van der Waals surface area contributed by atoms with E-state index in [0.717, 1.165) is 46.0 Å². The zero-order valence-electron chi connectivity index (χ0n) is 26.3. The molecule has 0 aromatic heterocycles. The molecule has 0 aliphatic heterocycles. The Morgan fingerprint density at radius 1 is 0.413 bits per heavy atom. The van der Waals surface area contributed by atoms with E-state index in [1.807, 2.05) is 36.2 Å². The zero-order chi connectivity index (χ0) is 32.4. The van der Waals surface area contributed by atoms with Crippen LogP contribution in [-0.2, 0) is 6.18 Å². The van der Waals surface area contributed by atoms with Gasteiger partial charge < -0.3 is 9.80 Å². The molecule has 0 spiro atoms. The average Bonchev–Trinajstić information content (AvgIpc) is 3.07. The van der Waals surface area contributed by atoms with E-state index in [1.165, 1.54) is 39.9 Å². The van der Waals surface area contributed by atoms with Crippen molar-refractivity contribution in [2.24, 2.45) is 0 Å². The third kappa shape index (κ3) is 6.54. The van der Waals surface area contributed by atoms with Gasteiger partial charge in [0.05, 0.1) is 5.56 Å². The SMILES string of the molecule is Cc1ccc(-c2ccc(N(c3ccc(-c4ccc(N(C)c5ccc(C(F)(F)F)cc5)cc4)cc3)c3ccc(C)c(C)c3)cc2)cc1. The molecule has 0 saturated carbocycles. The number of hydrogen-bond donors (Lipinski definition) is 0. The fraction of sp³-hybridized carbons (Fsp3) is 0.122. The molecule has 0 N–H and O–H groups in total. The number of nitrogens with zero attached hydrogens (tertiary/aromatic N) is 2. The summed E-state index contributed by atoms with van der Waals surface area (Å²) >= 11 is 0. The molecule has 230 valence electrons. The number of alkyl halides is 3. The number of benzene rings is 6. The van der Waals surface area contributed by atoms with Crippen molar-refractivity contribution in [1.29, 1.82) is 0 Å². The van der Waals surface area contributed by atoms with Crippen LogP contribution in [0.1, 0.15) is 22.3 Å². The highest BCUT2D eigenvalue weighted by Gasteiger charge is 2.30. The lowest BCUT2D eigenvalue weighted by atomic mass is 10.0. The first-order chi connectivity index (χ1) is 22.1. The third-order valence-electron chi connectivity index (χ3n) is 8.55. The van der Waals surface area contributed by atoms with Crippen molar-refractivity contribution < 1.29 is 13.2 Å². The van der Waals surface area contributed by atoms with Gasteiger partial charge in [-0.1, -0.05) is 72.3 Å². The maximum Gasteiger partial charge on any atom is 0.416 e. The van der Waals surface area contributed by atoms with E-state index in [4.69, 9.17) is 0 Å². The lowest BCUT2D eigenvalue weighted by Crippen LogP contribution is -2.10. The molecule has 6 aromatic carbocycles. The minimum absolute atomic E-state index is 0.654. The minimum Gasteiger partial charge on any atom is -0.345 e. The normalized spacial score (nSPS) is 11.4. The number of halogens is 3. The fourth-order valence-corrected chi connectivity index (χ4v) is 5.56. The second kappa shape index (κ2) is 12.6. The predicted molar refractivity (Wildman–Crippen MR) is 186 cm³/mol. The Morgan fingerprint density at radius 3 is 1.20 bits per heavy atom. The Hall–Kier alpha value is -5.29. The Labute approximate surface area is 269 Å². The molecule has 46 heavy (non-hydrogen) atoms. The molecule has 6 aromatic rings. The van der Waals surface area contributed by atoms with Crippen LogP contribution in [0.2, 0.25) is 0 Å². The average molecular weight is 613 g/mol. The summed E-state index contributed by atoms with van der Waals surface area (Å²) in [6, 6.07) is 45.6. The van der Waals surface area contributed by atoms with Gasteiger partial charge in [-0.15, -0.1) is 0 Å². The smallest absolute Gasteiger partial charge is 0.345 e. The van der Waals surface area contributed by atoms with E-state index in [1.54, 1.807) is 0 Å². The van der Waals surface area contributed by atoms with E-state index >= 15 is 0 Å². The van der Waals surface area contributed by atoms with Crippen molar-refractivity contribution in [2.45, 2.75) is 26.9 Å². The maximum absolute atomic E-state index is 13.0. The molecule has 0 atom stereocenters. The van der Waals surface area contributed by atoms with Crippen LogP contribution in [0.25, 0.3) is 22.3 Å². The van der Waals surface area contributed by atoms with Crippen LogP contribution < -0.4 is 9.80 Å². The van der Waals surface area contributed by atoms with Gasteiger partial charge in [0.2, 0.25) is 0 Å². The van der Waals surface area contributed by atoms with Crippen LogP contribution in [0, 0.1) is 20.8 Å². The largest absolute Gasteiger partial charge is 0.416 e. The van der Waals surface area contributed by atoms with Crippen LogP contribution >= 0.6 is 0 Å². The Morgan fingerprint density at radius 2 is 0.783 bits per heavy atom. The summed E-state index contributed by atoms with van der Waals surface area (Å²) in [5.41, 5.74) is 12.3. The summed E-state index contributed by atoms with van der Waals surface area (Å²) < 4.78 is 39.0. The van der Waals surface area contributed by atoms with Crippen LogP contribution in [0.5, 0.6) is 0 Å². The number of anilines is 5. The Bertz CT molecular complexity index is 1920. The van der Waals surface area contributed by atoms with Crippen LogP contribution in [0.15, 0.2) is 140 Å². The third-order valence-corrected chi connectivity index (χ3v) is 8.55. The highest BCUT2D eigenvalue weighted by atomic mass is 19.4. The van der Waals surface area contributed by atoms with Gasteiger partial charge in [0.15, 0.2) is 0 Å². The fourth-order valence-electron chi connectivity index (χ4n) is 5.56. The summed E-state index contributed by atoms with van der Waals surface area (Å²) in [6.45, 7) is 6.36. The van der Waals surface area contributed by atoms with Gasteiger partial charge in [0.1, 0.15) is 0 Å². The van der Waals surface area contributed by atoms with E-state index in [2.05, 4.69) is 117 Å². The van der Waals surface area contributed by atoms with Crippen molar-refractivity contribution in [3.63, 3.8) is 0 Å². The van der Waals surface area contributed by atoms with Gasteiger partial charge in [-0.25, -0.2) is 0 Å². The first-order valence-corrected chi connectivity index (χ1v) is 15.2. The minimum atomic E-state index is -4.35. The van der Waals surface area contributed by atoms with Crippen LogP contribution in [0.4, 0.5) is 41.6 Å². The van der Waals surface area contributed by atoms with E-state index in [9.17, 15) is 13.2 Å². The summed E-state index contributed by atoms with van der Waals surface area (Å²) in [4.78, 5) is 4.15. The summed E-state index contributed by atoms with van der Waals surface area (Å²) in [5, 5.41) is 0. The summed E-state index contributed by atoms with van der Waals surface area (Å²) in [5.74, 6) is 0. The van der Waals surface area contributed by atoms with Gasteiger partial charge in [0.25, 0.3) is 0 Å². The quantitative estimate of drug-likeness (QED) is 0.177. The molecule has 0 aliphatic rings. The van der Waals surface area contributed by atoms with Gasteiger partial charge in [0, 0.05) is 35.5 Å². The molecule has 0 radical (unpaired) electrons. The molecule has 6 rings (SSSR count). The number of aryl methyl sites for hydroxylation is 3. The van der Waals surface area contributed by atoms with Gasteiger partial charge in [-0.05, 0) is 127 Å². The molecule has 0 heterocycles. The second-order valence-electron chi connectivity index (χ2n) is 11.7. The van der Waals surface area contributed by atoms with Crippen molar-refractivity contribution in [1.82, 2.24) is 0 Å². The van der Waals surface area contributed by atoms with Gasteiger partial charge in [-0.2, -0.15) is 13.2 Å². The van der Waals surface area contributed by atoms with Gasteiger partial charge >= 0.3 is 6.18 Å². The maximum atomic E-state index is 13.0. The molecule has 0 fully saturated rings. The highest BCUT2D eigenvalue weighted by Crippen LogP contribution is 2.38. The first-order valence-electron chi connectivity index (χ1n) is 15.2. The van der Waals surface area contributed by atoms with Gasteiger partial charge in [-0.3, -0.25) is 0 Å². The lowest BCUT2D eigenvalue weighted by Gasteiger charge is -2.26. The van der Waals surface area contributed by atoms with Crippen molar-refractivity contribution >= 4 is 28.4 Å². The number of rotatable bonds is 7. The molecule has 0 saturated heterocycles. The predicted octanol–water partition coefficient (Wildman–Crippen LogP) is 12.2. The first kappa shape index (κ1) is 30.7. The topological polar surface area (TPSA) is 6.48 Å². The van der Waals surface area contributed by atoms with Crippen molar-refractivity contribution in [3.05, 3.63) is 162 Å². The summed E-state index contributed by atoms with van der Waals surface area (Å²) in [6.07, 6.45) is -4.35. The lowest BCUT2D eigenvalue weighted by molar-refractivity contribution is -0.137. The standard InChI is InChI=1S/C41H35F3N2/c1-28-5-8-31(9-6-28)33-12-21-38(22-13-33)46(40-18-7-29(2)30(3)27-40)39-23-14-34(15-24-39)32-10-19-36(20-11-32)45(4)37-25-16-35(17-26-37)41(42,43)44/h5-27H,1-4H3. The highest BCUT2D eigenvalue weighted by molar-refractivity contribution is 5.80. The van der Waals surface area contributed by atoms with E-state index in [-0.39, 0.29) is 0 Å². The molecule has 0 aliphatic carbocycles. The molecule has 2 nitrogen and oxygen atoms in total. The van der Waals surface area contributed by atoms with Crippen LogP contribution in [0.3, 0.4) is 0 Å². The summed E-state index contributed by atoms with van der Waals surface area (Å²) in [7, 11) is 1.85. The molecule has 0 amide bonds. The molecular formula is C41H35F3N2. The number of hydrogen-bond acceptors (Lipinski definition) is 2. The Kier molecular flexibility index (Phi) is 8.42. The Balaban J connectivity index is 1.26. The van der Waals surface area contributed by atoms with E-state index in [0.29, 0.717) is 5.69 Å². The van der Waals surface area contributed by atoms with Crippen LogP contribution in [-0.4, -0.2) is 7.05 Å². The molecule has 0 bridgehead atoms. The monoisotopic (exact) mass is 612 g/mol. The molecule has 0 unspecified atom stereocenters. The van der Waals surface area contributed by atoms with E-state index < -0.39 is 11.7 Å². The van der Waals surface area contributed by atoms with Crippen molar-refractivity contribution in [3.8, 4) is 22.3 Å². The zero-order valence-corrected chi connectivity index (χ0v) is 26.3. The molecule has 5 heteroatoms. The molecular weight excluding hydrogens is 577 g/mol.